The number of fused-ring (bicyclic) bond motifs is 1. The van der Waals surface area contributed by atoms with Gasteiger partial charge < -0.3 is 0 Å². The van der Waals surface area contributed by atoms with Gasteiger partial charge >= 0.3 is 0 Å². The lowest BCUT2D eigenvalue weighted by molar-refractivity contribution is 0.908. The molecule has 0 aliphatic rings. The van der Waals surface area contributed by atoms with Crippen molar-refractivity contribution < 1.29 is 0 Å². The minimum Gasteiger partial charge on any atom is -0.296 e. The lowest BCUT2D eigenvalue weighted by Crippen LogP contribution is -1.99. The van der Waals surface area contributed by atoms with Crippen molar-refractivity contribution in [2.45, 2.75) is 13.3 Å². The Bertz CT molecular complexity index is 943. The standard InChI is InChI=1S/C19H16N4/c1-2-19-22-17-10-14(15-11-20-13-21-12-15)8-9-18(17)23(19)16-6-4-3-5-7-16/h3-13H,2H2,1H3. The third-order valence-corrected chi connectivity index (χ3v) is 3.95. The Labute approximate surface area is 134 Å². The maximum atomic E-state index is 4.82. The van der Waals surface area contributed by atoms with Gasteiger partial charge in [0.25, 0.3) is 0 Å². The van der Waals surface area contributed by atoms with Gasteiger partial charge in [-0.05, 0) is 29.8 Å². The summed E-state index contributed by atoms with van der Waals surface area (Å²) < 4.78 is 2.22. The molecule has 0 atom stereocenters. The second kappa shape index (κ2) is 5.65. The van der Waals surface area contributed by atoms with Crippen molar-refractivity contribution in [3.8, 4) is 16.8 Å². The molecule has 0 aliphatic carbocycles. The summed E-state index contributed by atoms with van der Waals surface area (Å²) in [4.78, 5) is 13.0. The third-order valence-electron chi connectivity index (χ3n) is 3.95. The highest BCUT2D eigenvalue weighted by Gasteiger charge is 2.12. The van der Waals surface area contributed by atoms with Crippen LogP contribution in [0.1, 0.15) is 12.7 Å². The Hall–Kier alpha value is -3.01. The molecule has 0 radical (unpaired) electrons. The van der Waals surface area contributed by atoms with Crippen LogP contribution in [0, 0.1) is 0 Å². The lowest BCUT2D eigenvalue weighted by Gasteiger charge is -2.08. The van der Waals surface area contributed by atoms with Crippen molar-refractivity contribution in [1.29, 1.82) is 0 Å². The predicted octanol–water partition coefficient (Wildman–Crippen LogP) is 4.04. The average Bonchev–Trinajstić information content (AvgIpc) is 3.01. The molecule has 112 valence electrons. The van der Waals surface area contributed by atoms with Gasteiger partial charge in [-0.15, -0.1) is 0 Å². The number of rotatable bonds is 3. The number of benzene rings is 2. The van der Waals surface area contributed by atoms with Crippen molar-refractivity contribution >= 4 is 11.0 Å². The monoisotopic (exact) mass is 300 g/mol. The molecule has 4 rings (SSSR count). The molecular weight excluding hydrogens is 284 g/mol. The first-order valence-corrected chi connectivity index (χ1v) is 7.69. The van der Waals surface area contributed by atoms with Crippen molar-refractivity contribution in [1.82, 2.24) is 19.5 Å². The van der Waals surface area contributed by atoms with Crippen LogP contribution in [0.3, 0.4) is 0 Å². The molecule has 0 unspecified atom stereocenters. The number of aryl methyl sites for hydroxylation is 1. The first-order valence-electron chi connectivity index (χ1n) is 7.69. The molecule has 0 spiro atoms. The third kappa shape index (κ3) is 2.38. The minimum atomic E-state index is 0.882. The van der Waals surface area contributed by atoms with Crippen LogP contribution in [0.4, 0.5) is 0 Å². The number of nitrogens with zero attached hydrogens (tertiary/aromatic N) is 4. The molecule has 4 heteroatoms. The second-order valence-corrected chi connectivity index (χ2v) is 5.38. The summed E-state index contributed by atoms with van der Waals surface area (Å²) >= 11 is 0. The van der Waals surface area contributed by atoms with Gasteiger partial charge in [-0.25, -0.2) is 15.0 Å². The molecule has 0 N–H and O–H groups in total. The van der Waals surface area contributed by atoms with E-state index in [-0.39, 0.29) is 0 Å². The molecule has 0 saturated carbocycles. The van der Waals surface area contributed by atoms with Crippen LogP contribution in [-0.4, -0.2) is 19.5 Å². The first kappa shape index (κ1) is 13.6. The van der Waals surface area contributed by atoms with Gasteiger partial charge in [-0.3, -0.25) is 4.57 Å². The number of hydrogen-bond acceptors (Lipinski definition) is 3. The zero-order chi connectivity index (χ0) is 15.6. The van der Waals surface area contributed by atoms with Crippen molar-refractivity contribution in [3.05, 3.63) is 73.1 Å². The van der Waals surface area contributed by atoms with E-state index < -0.39 is 0 Å². The molecule has 2 aromatic heterocycles. The summed E-state index contributed by atoms with van der Waals surface area (Å²) in [6.07, 6.45) is 6.07. The fraction of sp³-hybridized carbons (Fsp3) is 0.105. The molecule has 0 amide bonds. The molecule has 2 heterocycles. The topological polar surface area (TPSA) is 43.6 Å². The predicted molar refractivity (Wildman–Crippen MR) is 91.5 cm³/mol. The fourth-order valence-corrected chi connectivity index (χ4v) is 2.86. The van der Waals surface area contributed by atoms with Gasteiger partial charge in [0.2, 0.25) is 0 Å². The summed E-state index contributed by atoms with van der Waals surface area (Å²) in [6.45, 7) is 2.13. The molecule has 0 aliphatic heterocycles. The Balaban J connectivity index is 1.92. The number of aromatic nitrogens is 4. The smallest absolute Gasteiger partial charge is 0.115 e. The normalized spacial score (nSPS) is 11.0. The van der Waals surface area contributed by atoms with Gasteiger partial charge in [0.1, 0.15) is 12.2 Å². The zero-order valence-corrected chi connectivity index (χ0v) is 12.8. The fourth-order valence-electron chi connectivity index (χ4n) is 2.86. The summed E-state index contributed by atoms with van der Waals surface area (Å²) in [7, 11) is 0. The SMILES string of the molecule is CCc1nc2cc(-c3cncnc3)ccc2n1-c1ccccc1. The van der Waals surface area contributed by atoms with Gasteiger partial charge in [0.15, 0.2) is 0 Å². The minimum absolute atomic E-state index is 0.882. The first-order chi connectivity index (χ1) is 11.4. The van der Waals surface area contributed by atoms with E-state index in [4.69, 9.17) is 4.98 Å². The molecule has 2 aromatic carbocycles. The van der Waals surface area contributed by atoms with E-state index in [1.54, 1.807) is 6.33 Å². The van der Waals surface area contributed by atoms with Crippen molar-refractivity contribution in [2.75, 3.05) is 0 Å². The van der Waals surface area contributed by atoms with Crippen molar-refractivity contribution in [3.63, 3.8) is 0 Å². The maximum absolute atomic E-state index is 4.82. The Morgan fingerprint density at radius 2 is 1.70 bits per heavy atom. The molecule has 0 bridgehead atoms. The maximum Gasteiger partial charge on any atom is 0.115 e. The summed E-state index contributed by atoms with van der Waals surface area (Å²) in [6, 6.07) is 16.7. The Morgan fingerprint density at radius 3 is 2.43 bits per heavy atom. The highest BCUT2D eigenvalue weighted by molar-refractivity contribution is 5.83. The molecule has 4 aromatic rings. The molecule has 0 saturated heterocycles. The Kier molecular flexibility index (Phi) is 3.35. The van der Waals surface area contributed by atoms with Crippen LogP contribution in [0.15, 0.2) is 67.3 Å². The van der Waals surface area contributed by atoms with E-state index in [9.17, 15) is 0 Å². The Morgan fingerprint density at radius 1 is 0.913 bits per heavy atom. The van der Waals surface area contributed by atoms with Crippen LogP contribution in [0.5, 0.6) is 0 Å². The lowest BCUT2D eigenvalue weighted by atomic mass is 10.1. The molecular formula is C19H16N4. The number of hydrogen-bond donors (Lipinski definition) is 0. The van der Waals surface area contributed by atoms with Crippen molar-refractivity contribution in [2.24, 2.45) is 0 Å². The summed E-state index contributed by atoms with van der Waals surface area (Å²) in [5.41, 5.74) is 5.34. The van der Waals surface area contributed by atoms with Gasteiger partial charge in [0, 0.05) is 30.1 Å². The van der Waals surface area contributed by atoms with E-state index in [2.05, 4.69) is 63.9 Å². The number of imidazole rings is 1. The average molecular weight is 300 g/mol. The van der Waals surface area contributed by atoms with E-state index in [1.807, 2.05) is 18.5 Å². The molecule has 23 heavy (non-hydrogen) atoms. The van der Waals surface area contributed by atoms with Crippen LogP contribution in [0.25, 0.3) is 27.8 Å². The largest absolute Gasteiger partial charge is 0.296 e. The summed E-state index contributed by atoms with van der Waals surface area (Å²) in [5, 5.41) is 0. The second-order valence-electron chi connectivity index (χ2n) is 5.38. The van der Waals surface area contributed by atoms with Crippen LogP contribution in [0.2, 0.25) is 0 Å². The number of para-hydroxylation sites is 1. The van der Waals surface area contributed by atoms with E-state index in [1.165, 1.54) is 0 Å². The highest BCUT2D eigenvalue weighted by atomic mass is 15.1. The van der Waals surface area contributed by atoms with Gasteiger partial charge in [-0.2, -0.15) is 0 Å². The zero-order valence-electron chi connectivity index (χ0n) is 12.8. The van der Waals surface area contributed by atoms with Crippen LogP contribution >= 0.6 is 0 Å². The quantitative estimate of drug-likeness (QED) is 0.573. The summed E-state index contributed by atoms with van der Waals surface area (Å²) in [5.74, 6) is 1.06. The van der Waals surface area contributed by atoms with E-state index >= 15 is 0 Å². The van der Waals surface area contributed by atoms with Gasteiger partial charge in [-0.1, -0.05) is 31.2 Å². The molecule has 0 fully saturated rings. The van der Waals surface area contributed by atoms with E-state index in [0.29, 0.717) is 0 Å². The molecule has 4 nitrogen and oxygen atoms in total. The van der Waals surface area contributed by atoms with E-state index in [0.717, 1.165) is 40.1 Å². The van der Waals surface area contributed by atoms with Gasteiger partial charge in [0.05, 0.1) is 11.0 Å². The van der Waals surface area contributed by atoms with Crippen LogP contribution in [-0.2, 0) is 6.42 Å². The highest BCUT2D eigenvalue weighted by Crippen LogP contribution is 2.26. The van der Waals surface area contributed by atoms with Crippen LogP contribution < -0.4 is 0 Å².